The maximum atomic E-state index is 13.7. The SMILES string of the molecule is CC(C)(CO)C(=O)SCCOP(=O)(NC1CCCCC1)OC[C@H]1OC2(C)[C@@H](n3ccc(N)nc3=O)C2(O)C1O. The fourth-order valence-electron chi connectivity index (χ4n) is 5.37. The monoisotopic (exact) mass is 590 g/mol. The summed E-state index contributed by atoms with van der Waals surface area (Å²) in [5, 5.41) is 34.4. The van der Waals surface area contributed by atoms with Gasteiger partial charge in [-0.25, -0.2) is 14.4 Å². The first-order valence-electron chi connectivity index (χ1n) is 13.2. The number of nitrogens with one attached hydrogen (secondary N) is 1. The lowest BCUT2D eigenvalue weighted by atomic mass is 9.96. The quantitative estimate of drug-likeness (QED) is 0.171. The molecule has 4 unspecified atom stereocenters. The molecule has 15 heteroatoms. The second-order valence-electron chi connectivity index (χ2n) is 11.2. The molecule has 6 N–H and O–H groups in total. The van der Waals surface area contributed by atoms with Gasteiger partial charge >= 0.3 is 13.4 Å². The Kier molecular flexibility index (Phi) is 9.02. The average molecular weight is 591 g/mol. The van der Waals surface area contributed by atoms with Crippen molar-refractivity contribution >= 4 is 30.4 Å². The standard InChI is InChI=1S/C24H39N4O9PS/c1-22(2,14-29)20(31)39-12-11-35-38(34,27-15-7-5-4-6-8-15)36-13-16-18(30)24(33)19(23(24,3)37-16)28-10-9-17(25)26-21(28)32/h9-10,15-16,18-19,29-30,33H,4-8,11-14H2,1-3H3,(H,27,34)(H2,25,26,32)/t16-,18?,19-,23?,24?,38?/m1/s1. The first kappa shape index (κ1) is 30.6. The molecule has 2 heterocycles. The number of nitrogen functional groups attached to an aromatic ring is 1. The third kappa shape index (κ3) is 6.00. The Morgan fingerprint density at radius 1 is 1.36 bits per heavy atom. The molecule has 1 aromatic heterocycles. The van der Waals surface area contributed by atoms with Crippen LogP contribution in [0.15, 0.2) is 17.1 Å². The van der Waals surface area contributed by atoms with Crippen molar-refractivity contribution in [2.75, 3.05) is 31.3 Å². The van der Waals surface area contributed by atoms with E-state index in [-0.39, 0.29) is 42.5 Å². The van der Waals surface area contributed by atoms with E-state index in [4.69, 9.17) is 19.5 Å². The molecule has 0 radical (unpaired) electrons. The molecule has 39 heavy (non-hydrogen) atoms. The highest BCUT2D eigenvalue weighted by atomic mass is 32.2. The van der Waals surface area contributed by atoms with Gasteiger partial charge in [0.1, 0.15) is 35.3 Å². The lowest BCUT2D eigenvalue weighted by Gasteiger charge is -2.29. The lowest BCUT2D eigenvalue weighted by Crippen LogP contribution is -2.42. The van der Waals surface area contributed by atoms with Gasteiger partial charge < -0.3 is 25.8 Å². The van der Waals surface area contributed by atoms with Crippen LogP contribution in [0.5, 0.6) is 0 Å². The molecule has 0 amide bonds. The van der Waals surface area contributed by atoms with Gasteiger partial charge in [0.15, 0.2) is 5.12 Å². The van der Waals surface area contributed by atoms with Crippen molar-refractivity contribution < 1.29 is 38.5 Å². The van der Waals surface area contributed by atoms with Gasteiger partial charge in [-0.05, 0) is 39.7 Å². The van der Waals surface area contributed by atoms with Crippen LogP contribution in [0.2, 0.25) is 0 Å². The average Bonchev–Trinajstić information content (AvgIpc) is 3.30. The number of hydrogen-bond acceptors (Lipinski definition) is 12. The van der Waals surface area contributed by atoms with E-state index in [1.807, 2.05) is 0 Å². The van der Waals surface area contributed by atoms with E-state index < -0.39 is 48.3 Å². The fourth-order valence-corrected chi connectivity index (χ4v) is 7.90. The normalized spacial score (nSPS) is 32.5. The highest BCUT2D eigenvalue weighted by Gasteiger charge is 2.85. The van der Waals surface area contributed by atoms with Gasteiger partial charge in [0.2, 0.25) is 0 Å². The maximum absolute atomic E-state index is 13.7. The first-order valence-corrected chi connectivity index (χ1v) is 15.7. The number of aromatic nitrogens is 2. The van der Waals surface area contributed by atoms with Crippen LogP contribution in [-0.2, 0) is 23.1 Å². The second kappa shape index (κ2) is 11.5. The third-order valence-corrected chi connectivity index (χ3v) is 10.7. The molecule has 1 aliphatic heterocycles. The number of aliphatic hydroxyl groups excluding tert-OH is 2. The molecule has 13 nitrogen and oxygen atoms in total. The van der Waals surface area contributed by atoms with Crippen LogP contribution < -0.4 is 16.5 Å². The zero-order chi connectivity index (χ0) is 28.6. The number of aliphatic hydroxyl groups is 3. The lowest BCUT2D eigenvalue weighted by molar-refractivity contribution is -0.119. The third-order valence-electron chi connectivity index (χ3n) is 7.86. The van der Waals surface area contributed by atoms with E-state index in [9.17, 15) is 29.5 Å². The van der Waals surface area contributed by atoms with Gasteiger partial charge in [-0.15, -0.1) is 0 Å². The summed E-state index contributed by atoms with van der Waals surface area (Å²) < 4.78 is 32.2. The van der Waals surface area contributed by atoms with E-state index in [0.717, 1.165) is 43.9 Å². The van der Waals surface area contributed by atoms with Crippen LogP contribution >= 0.6 is 19.5 Å². The Labute approximate surface area is 231 Å². The van der Waals surface area contributed by atoms with Gasteiger partial charge in [0.05, 0.1) is 25.2 Å². The van der Waals surface area contributed by atoms with Gasteiger partial charge in [0, 0.05) is 18.0 Å². The molecule has 3 fully saturated rings. The van der Waals surface area contributed by atoms with Crippen molar-refractivity contribution in [2.45, 2.75) is 88.4 Å². The van der Waals surface area contributed by atoms with Gasteiger partial charge in [0.25, 0.3) is 0 Å². The van der Waals surface area contributed by atoms with Crippen LogP contribution in [0.1, 0.15) is 58.9 Å². The number of nitrogens with two attached hydrogens (primary N) is 1. The molecular weight excluding hydrogens is 551 g/mol. The fraction of sp³-hybridized carbons (Fsp3) is 0.792. The van der Waals surface area contributed by atoms with Crippen LogP contribution in [0.3, 0.4) is 0 Å². The highest BCUT2D eigenvalue weighted by Crippen LogP contribution is 2.67. The van der Waals surface area contributed by atoms with Gasteiger partial charge in [-0.2, -0.15) is 4.98 Å². The van der Waals surface area contributed by atoms with E-state index in [2.05, 4.69) is 10.1 Å². The molecular formula is C24H39N4O9PS. The second-order valence-corrected chi connectivity index (χ2v) is 14.1. The summed E-state index contributed by atoms with van der Waals surface area (Å²) in [6, 6.07) is 0.444. The van der Waals surface area contributed by atoms with Crippen LogP contribution in [0, 0.1) is 5.41 Å². The Balaban J connectivity index is 1.39. The first-order chi connectivity index (χ1) is 18.3. The minimum absolute atomic E-state index is 0.0352. The molecule has 4 rings (SSSR count). The number of thioether (sulfide) groups is 1. The predicted octanol–water partition coefficient (Wildman–Crippen LogP) is 0.972. The highest BCUT2D eigenvalue weighted by molar-refractivity contribution is 8.13. The smallest absolute Gasteiger partial charge is 0.395 e. The number of anilines is 1. The summed E-state index contributed by atoms with van der Waals surface area (Å²) in [6.45, 7) is 4.16. The number of ether oxygens (including phenoxy) is 1. The molecule has 2 saturated carbocycles. The van der Waals surface area contributed by atoms with E-state index >= 15 is 0 Å². The van der Waals surface area contributed by atoms with Crippen molar-refractivity contribution in [2.24, 2.45) is 5.41 Å². The molecule has 2 aliphatic carbocycles. The van der Waals surface area contributed by atoms with E-state index in [1.54, 1.807) is 20.8 Å². The summed E-state index contributed by atoms with van der Waals surface area (Å²) in [7, 11) is -3.89. The van der Waals surface area contributed by atoms with Crippen molar-refractivity contribution in [3.63, 3.8) is 0 Å². The summed E-state index contributed by atoms with van der Waals surface area (Å²) in [6.07, 6.45) is 3.57. The summed E-state index contributed by atoms with van der Waals surface area (Å²) in [5.41, 5.74) is 0.879. The van der Waals surface area contributed by atoms with Crippen LogP contribution in [0.25, 0.3) is 0 Å². The zero-order valence-electron chi connectivity index (χ0n) is 22.4. The van der Waals surface area contributed by atoms with Crippen LogP contribution in [-0.4, -0.2) is 85.0 Å². The molecule has 6 atom stereocenters. The molecule has 0 aromatic carbocycles. The predicted molar refractivity (Wildman–Crippen MR) is 144 cm³/mol. The molecule has 1 saturated heterocycles. The Morgan fingerprint density at radius 2 is 2.05 bits per heavy atom. The number of nitrogens with zero attached hydrogens (tertiary/aromatic N) is 2. The largest absolute Gasteiger partial charge is 0.405 e. The molecule has 1 aromatic rings. The summed E-state index contributed by atoms with van der Waals surface area (Å²) in [5.74, 6) is 0.238. The minimum Gasteiger partial charge on any atom is -0.395 e. The maximum Gasteiger partial charge on any atom is 0.405 e. The molecule has 0 bridgehead atoms. The van der Waals surface area contributed by atoms with Crippen molar-refractivity contribution in [1.29, 1.82) is 0 Å². The minimum atomic E-state index is -3.89. The van der Waals surface area contributed by atoms with Crippen molar-refractivity contribution in [3.8, 4) is 0 Å². The van der Waals surface area contributed by atoms with E-state index in [0.29, 0.717) is 0 Å². The Morgan fingerprint density at radius 3 is 2.64 bits per heavy atom. The molecule has 220 valence electrons. The molecule has 0 spiro atoms. The van der Waals surface area contributed by atoms with E-state index in [1.165, 1.54) is 16.8 Å². The van der Waals surface area contributed by atoms with Crippen molar-refractivity contribution in [3.05, 3.63) is 22.7 Å². The number of fused-ring (bicyclic) bond motifs is 1. The number of rotatable bonds is 12. The van der Waals surface area contributed by atoms with Crippen LogP contribution in [0.4, 0.5) is 5.82 Å². The Bertz CT molecular complexity index is 1160. The van der Waals surface area contributed by atoms with Gasteiger partial charge in [-0.3, -0.25) is 18.4 Å². The molecule has 3 aliphatic rings. The number of carbonyl (C=O) groups is 1. The van der Waals surface area contributed by atoms with Crippen molar-refractivity contribution in [1.82, 2.24) is 14.6 Å². The Hall–Kier alpha value is -1.35. The number of hydrogen-bond donors (Lipinski definition) is 5. The summed E-state index contributed by atoms with van der Waals surface area (Å²) >= 11 is 0.977. The van der Waals surface area contributed by atoms with Gasteiger partial charge in [-0.1, -0.05) is 31.0 Å². The number of carbonyl (C=O) groups excluding carboxylic acids is 1. The zero-order valence-corrected chi connectivity index (χ0v) is 24.2. The summed E-state index contributed by atoms with van der Waals surface area (Å²) in [4.78, 5) is 28.3. The topological polar surface area (TPSA) is 195 Å².